The number of ether oxygens (including phenoxy) is 1. The second kappa shape index (κ2) is 3.51. The molecule has 2 atom stereocenters. The monoisotopic (exact) mass is 187 g/mol. The Morgan fingerprint density at radius 3 is 2.71 bits per heavy atom. The molecule has 1 fully saturated rings. The third-order valence-corrected chi connectivity index (χ3v) is 2.43. The van der Waals surface area contributed by atoms with E-state index in [1.165, 1.54) is 0 Å². The average Bonchev–Trinajstić information content (AvgIpc) is 2.98. The number of carbonyl (C=O) groups excluding carboxylic acids is 1. The molecule has 0 aromatic heterocycles. The smallest absolute Gasteiger partial charge is 0.293 e. The maximum Gasteiger partial charge on any atom is 0.293 e. The van der Waals surface area contributed by atoms with Crippen molar-refractivity contribution in [3.05, 3.63) is 35.4 Å². The van der Waals surface area contributed by atoms with E-state index in [0.717, 1.165) is 12.0 Å². The molecule has 3 nitrogen and oxygen atoms in total. The van der Waals surface area contributed by atoms with Gasteiger partial charge >= 0.3 is 0 Å². The summed E-state index contributed by atoms with van der Waals surface area (Å²) in [5.74, 6) is 0.327. The van der Waals surface area contributed by atoms with Crippen molar-refractivity contribution in [2.75, 3.05) is 0 Å². The lowest BCUT2D eigenvalue weighted by molar-refractivity contribution is -0.129. The number of carbonyl (C=O) groups is 1. The van der Waals surface area contributed by atoms with Gasteiger partial charge in [0.05, 0.1) is 11.6 Å². The minimum atomic E-state index is 0.0421. The van der Waals surface area contributed by atoms with Gasteiger partial charge in [0.15, 0.2) is 0 Å². The van der Waals surface area contributed by atoms with Crippen molar-refractivity contribution < 1.29 is 9.53 Å². The molecule has 0 spiro atoms. The van der Waals surface area contributed by atoms with E-state index in [1.807, 2.05) is 12.1 Å². The van der Waals surface area contributed by atoms with Crippen molar-refractivity contribution in [3.8, 4) is 6.07 Å². The van der Waals surface area contributed by atoms with Crippen LogP contribution in [-0.2, 0) is 9.53 Å². The predicted octanol–water partition coefficient (Wildman–Crippen LogP) is 1.59. The maximum atomic E-state index is 10.1. The van der Waals surface area contributed by atoms with Gasteiger partial charge in [0.25, 0.3) is 6.47 Å². The summed E-state index contributed by atoms with van der Waals surface area (Å²) in [6.45, 7) is 0.494. The van der Waals surface area contributed by atoms with Crippen LogP contribution in [-0.4, -0.2) is 12.6 Å². The number of benzene rings is 1. The van der Waals surface area contributed by atoms with Gasteiger partial charge < -0.3 is 4.74 Å². The molecule has 1 aliphatic carbocycles. The van der Waals surface area contributed by atoms with E-state index < -0.39 is 0 Å². The van der Waals surface area contributed by atoms with Gasteiger partial charge in [-0.2, -0.15) is 5.26 Å². The zero-order chi connectivity index (χ0) is 9.97. The molecule has 3 heteroatoms. The molecule has 2 unspecified atom stereocenters. The highest BCUT2D eigenvalue weighted by Gasteiger charge is 2.40. The van der Waals surface area contributed by atoms with Gasteiger partial charge in [-0.25, -0.2) is 0 Å². The Morgan fingerprint density at radius 2 is 2.14 bits per heavy atom. The fourth-order valence-corrected chi connectivity index (χ4v) is 1.55. The Hall–Kier alpha value is -1.82. The fourth-order valence-electron chi connectivity index (χ4n) is 1.55. The first kappa shape index (κ1) is 8.76. The first-order chi connectivity index (χ1) is 6.85. The van der Waals surface area contributed by atoms with Crippen molar-refractivity contribution >= 4 is 6.47 Å². The highest BCUT2D eigenvalue weighted by molar-refractivity contribution is 5.41. The molecule has 14 heavy (non-hydrogen) atoms. The lowest BCUT2D eigenvalue weighted by atomic mass is 10.1. The van der Waals surface area contributed by atoms with Crippen molar-refractivity contribution in [2.24, 2.45) is 0 Å². The van der Waals surface area contributed by atoms with E-state index in [9.17, 15) is 4.79 Å². The molecule has 70 valence electrons. The molecule has 0 aliphatic heterocycles. The van der Waals surface area contributed by atoms with Crippen LogP contribution < -0.4 is 0 Å². The molecule has 0 N–H and O–H groups in total. The molecule has 0 amide bonds. The Labute approximate surface area is 81.9 Å². The second-order valence-electron chi connectivity index (χ2n) is 3.35. The standard InChI is InChI=1S/C11H9NO2/c12-6-8-1-3-9(4-2-8)10-5-11(10)14-7-13/h1-4,7,10-11H,5H2. The van der Waals surface area contributed by atoms with Gasteiger partial charge in [-0.3, -0.25) is 4.79 Å². The molecule has 0 heterocycles. The van der Waals surface area contributed by atoms with Crippen molar-refractivity contribution in [1.82, 2.24) is 0 Å². The molecule has 1 aromatic rings. The van der Waals surface area contributed by atoms with E-state index in [2.05, 4.69) is 6.07 Å². The molecule has 1 aromatic carbocycles. The van der Waals surface area contributed by atoms with E-state index in [1.54, 1.807) is 12.1 Å². The highest BCUT2D eigenvalue weighted by Crippen LogP contribution is 2.42. The zero-order valence-corrected chi connectivity index (χ0v) is 7.51. The van der Waals surface area contributed by atoms with Crippen LogP contribution in [0.1, 0.15) is 23.5 Å². The van der Waals surface area contributed by atoms with Gasteiger partial charge in [0, 0.05) is 5.92 Å². The lowest BCUT2D eigenvalue weighted by Crippen LogP contribution is -1.93. The molecule has 1 aliphatic rings. The summed E-state index contributed by atoms with van der Waals surface area (Å²) >= 11 is 0. The zero-order valence-electron chi connectivity index (χ0n) is 7.51. The summed E-state index contributed by atoms with van der Waals surface area (Å²) in [4.78, 5) is 10.1. The number of rotatable bonds is 3. The number of nitrogens with zero attached hydrogens (tertiary/aromatic N) is 1. The molecule has 2 rings (SSSR count). The van der Waals surface area contributed by atoms with E-state index in [-0.39, 0.29) is 6.10 Å². The summed E-state index contributed by atoms with van der Waals surface area (Å²) in [6.07, 6.45) is 0.936. The molecular formula is C11H9NO2. The highest BCUT2D eigenvalue weighted by atomic mass is 16.5. The Kier molecular flexibility index (Phi) is 2.19. The van der Waals surface area contributed by atoms with E-state index in [0.29, 0.717) is 18.0 Å². The summed E-state index contributed by atoms with van der Waals surface area (Å²) < 4.78 is 4.83. The lowest BCUT2D eigenvalue weighted by Gasteiger charge is -1.98. The van der Waals surface area contributed by atoms with E-state index >= 15 is 0 Å². The summed E-state index contributed by atoms with van der Waals surface area (Å²) in [6, 6.07) is 9.46. The quantitative estimate of drug-likeness (QED) is 0.675. The topological polar surface area (TPSA) is 50.1 Å². The number of hydrogen-bond donors (Lipinski definition) is 0. The van der Waals surface area contributed by atoms with Crippen LogP contribution >= 0.6 is 0 Å². The Balaban J connectivity index is 2.06. The molecule has 0 bridgehead atoms. The van der Waals surface area contributed by atoms with Crippen LogP contribution in [0.5, 0.6) is 0 Å². The van der Waals surface area contributed by atoms with Gasteiger partial charge in [-0.1, -0.05) is 12.1 Å². The maximum absolute atomic E-state index is 10.1. The Bertz CT molecular complexity index is 377. The summed E-state index contributed by atoms with van der Waals surface area (Å²) in [5, 5.41) is 8.60. The third kappa shape index (κ3) is 1.60. The first-order valence-electron chi connectivity index (χ1n) is 4.44. The van der Waals surface area contributed by atoms with Gasteiger partial charge in [0.2, 0.25) is 0 Å². The van der Waals surface area contributed by atoms with Crippen LogP contribution in [0.4, 0.5) is 0 Å². The molecule has 0 saturated heterocycles. The first-order valence-corrected chi connectivity index (χ1v) is 4.44. The normalized spacial score (nSPS) is 23.6. The van der Waals surface area contributed by atoms with Crippen LogP contribution in [0.25, 0.3) is 0 Å². The largest absolute Gasteiger partial charge is 0.464 e. The van der Waals surface area contributed by atoms with Crippen LogP contribution in [0.2, 0.25) is 0 Å². The van der Waals surface area contributed by atoms with E-state index in [4.69, 9.17) is 10.00 Å². The SMILES string of the molecule is N#Cc1ccc(C2CC2OC=O)cc1. The van der Waals surface area contributed by atoms with Crippen LogP contribution in [0, 0.1) is 11.3 Å². The molecular weight excluding hydrogens is 178 g/mol. The second-order valence-corrected chi connectivity index (χ2v) is 3.35. The van der Waals surface area contributed by atoms with Gasteiger partial charge in [-0.05, 0) is 24.1 Å². The Morgan fingerprint density at radius 1 is 1.43 bits per heavy atom. The van der Waals surface area contributed by atoms with Crippen molar-refractivity contribution in [2.45, 2.75) is 18.4 Å². The summed E-state index contributed by atoms with van der Waals surface area (Å²) in [5.41, 5.74) is 1.79. The minimum Gasteiger partial charge on any atom is -0.464 e. The van der Waals surface area contributed by atoms with Crippen molar-refractivity contribution in [1.29, 1.82) is 5.26 Å². The molecule has 1 saturated carbocycles. The van der Waals surface area contributed by atoms with Crippen molar-refractivity contribution in [3.63, 3.8) is 0 Å². The van der Waals surface area contributed by atoms with Gasteiger partial charge in [-0.15, -0.1) is 0 Å². The van der Waals surface area contributed by atoms with Crippen LogP contribution in [0.15, 0.2) is 24.3 Å². The number of nitriles is 1. The third-order valence-electron chi connectivity index (χ3n) is 2.43. The predicted molar refractivity (Wildman–Crippen MR) is 49.5 cm³/mol. The number of hydrogen-bond acceptors (Lipinski definition) is 3. The average molecular weight is 187 g/mol. The fraction of sp³-hybridized carbons (Fsp3) is 0.273. The van der Waals surface area contributed by atoms with Crippen LogP contribution in [0.3, 0.4) is 0 Å². The summed E-state index contributed by atoms with van der Waals surface area (Å²) in [7, 11) is 0. The van der Waals surface area contributed by atoms with Gasteiger partial charge in [0.1, 0.15) is 6.10 Å². The minimum absolute atomic E-state index is 0.0421. The molecule has 0 radical (unpaired) electrons.